The topological polar surface area (TPSA) is 54.7 Å². The van der Waals surface area contributed by atoms with Gasteiger partial charge < -0.3 is 19.5 Å². The number of guanidine groups is 1. The Morgan fingerprint density at radius 2 is 2.20 bits per heavy atom. The first kappa shape index (κ1) is 18.8. The maximum absolute atomic E-state index is 5.80. The lowest BCUT2D eigenvalue weighted by atomic mass is 10.2. The molecule has 2 heterocycles. The fourth-order valence-corrected chi connectivity index (χ4v) is 2.54. The Morgan fingerprint density at radius 3 is 2.88 bits per heavy atom. The van der Waals surface area contributed by atoms with Gasteiger partial charge in [0.1, 0.15) is 0 Å². The van der Waals surface area contributed by atoms with E-state index < -0.39 is 0 Å². The number of hydrogen-bond acceptors (Lipinski definition) is 3. The molecule has 0 saturated carbocycles. The maximum atomic E-state index is 5.80. The molecule has 6 heteroatoms. The van der Waals surface area contributed by atoms with Gasteiger partial charge in [-0.05, 0) is 24.6 Å². The van der Waals surface area contributed by atoms with E-state index >= 15 is 0 Å². The van der Waals surface area contributed by atoms with E-state index in [0.717, 1.165) is 30.9 Å². The average Bonchev–Trinajstić information content (AvgIpc) is 3.01. The predicted molar refractivity (Wildman–Crippen MR) is 102 cm³/mol. The highest BCUT2D eigenvalue weighted by atomic mass is 16.5. The first-order chi connectivity index (χ1) is 12.2. The summed E-state index contributed by atoms with van der Waals surface area (Å²) in [5.41, 5.74) is 2.27. The largest absolute Gasteiger partial charge is 0.477 e. The molecule has 2 rings (SSSR count). The third-order valence-corrected chi connectivity index (χ3v) is 4.05. The zero-order valence-electron chi connectivity index (χ0n) is 15.7. The van der Waals surface area contributed by atoms with Crippen molar-refractivity contribution in [2.24, 2.45) is 12.0 Å². The van der Waals surface area contributed by atoms with Crippen LogP contribution in [0.3, 0.4) is 0 Å². The van der Waals surface area contributed by atoms with Crippen LogP contribution >= 0.6 is 0 Å². The van der Waals surface area contributed by atoms with E-state index in [-0.39, 0.29) is 0 Å². The molecular formula is C19H29N5O. The van der Waals surface area contributed by atoms with E-state index in [2.05, 4.69) is 57.1 Å². The highest BCUT2D eigenvalue weighted by molar-refractivity contribution is 5.79. The number of unbranched alkanes of at least 4 members (excludes halogenated alkanes) is 1. The lowest BCUT2D eigenvalue weighted by molar-refractivity contribution is 0.294. The van der Waals surface area contributed by atoms with Crippen molar-refractivity contribution in [2.45, 2.75) is 32.9 Å². The molecule has 0 amide bonds. The number of aliphatic imine (C=N–C) groups is 1. The summed E-state index contributed by atoms with van der Waals surface area (Å²) in [5.74, 6) is 1.54. The standard InChI is InChI=1S/C19H29N5O/c1-5-6-13-25-18-16(9-7-11-21-18)14-22-19(20-2)24(4)15-17-10-8-12-23(17)3/h7-12H,5-6,13-15H2,1-4H3,(H,20,22). The van der Waals surface area contributed by atoms with Gasteiger partial charge in [0.2, 0.25) is 5.88 Å². The van der Waals surface area contributed by atoms with Crippen LogP contribution < -0.4 is 10.1 Å². The van der Waals surface area contributed by atoms with Gasteiger partial charge in [0, 0.05) is 51.3 Å². The van der Waals surface area contributed by atoms with Gasteiger partial charge in [-0.1, -0.05) is 19.4 Å². The number of nitrogens with zero attached hydrogens (tertiary/aromatic N) is 4. The van der Waals surface area contributed by atoms with E-state index in [1.54, 1.807) is 13.2 Å². The molecule has 1 N–H and O–H groups in total. The number of aryl methyl sites for hydroxylation is 1. The Bertz CT molecular complexity index is 680. The second kappa shape index (κ2) is 9.71. The maximum Gasteiger partial charge on any atom is 0.218 e. The molecule has 2 aromatic rings. The number of ether oxygens (including phenoxy) is 1. The summed E-state index contributed by atoms with van der Waals surface area (Å²) in [4.78, 5) is 10.8. The van der Waals surface area contributed by atoms with Crippen LogP contribution in [0.2, 0.25) is 0 Å². The molecule has 0 atom stereocenters. The van der Waals surface area contributed by atoms with Gasteiger partial charge in [0.25, 0.3) is 0 Å². The summed E-state index contributed by atoms with van der Waals surface area (Å²) < 4.78 is 7.91. The molecule has 0 fully saturated rings. The lowest BCUT2D eigenvalue weighted by Crippen LogP contribution is -2.38. The van der Waals surface area contributed by atoms with E-state index in [9.17, 15) is 0 Å². The molecule has 136 valence electrons. The molecule has 2 aromatic heterocycles. The van der Waals surface area contributed by atoms with Crippen LogP contribution in [0.1, 0.15) is 31.0 Å². The Labute approximate surface area is 150 Å². The third kappa shape index (κ3) is 5.52. The third-order valence-electron chi connectivity index (χ3n) is 4.05. The molecule has 0 aliphatic rings. The molecule has 0 aliphatic carbocycles. The van der Waals surface area contributed by atoms with Crippen molar-refractivity contribution in [3.05, 3.63) is 47.9 Å². The van der Waals surface area contributed by atoms with Crippen molar-refractivity contribution < 1.29 is 4.74 Å². The Balaban J connectivity index is 1.95. The molecule has 0 aliphatic heterocycles. The van der Waals surface area contributed by atoms with Crippen LogP contribution in [-0.4, -0.2) is 41.1 Å². The van der Waals surface area contributed by atoms with E-state index in [1.807, 2.05) is 19.2 Å². The molecule has 0 radical (unpaired) electrons. The summed E-state index contributed by atoms with van der Waals surface area (Å²) >= 11 is 0. The van der Waals surface area contributed by atoms with Crippen molar-refractivity contribution in [2.75, 3.05) is 20.7 Å². The monoisotopic (exact) mass is 343 g/mol. The zero-order chi connectivity index (χ0) is 18.1. The van der Waals surface area contributed by atoms with Crippen LogP contribution in [0.25, 0.3) is 0 Å². The number of hydrogen-bond donors (Lipinski definition) is 1. The minimum atomic E-state index is 0.624. The van der Waals surface area contributed by atoms with E-state index in [1.165, 1.54) is 5.69 Å². The molecule has 0 aromatic carbocycles. The molecule has 6 nitrogen and oxygen atoms in total. The van der Waals surface area contributed by atoms with Gasteiger partial charge >= 0.3 is 0 Å². The predicted octanol–water partition coefficient (Wildman–Crippen LogP) is 2.81. The number of nitrogens with one attached hydrogen (secondary N) is 1. The molecule has 0 unspecified atom stereocenters. The minimum absolute atomic E-state index is 0.624. The molecule has 0 bridgehead atoms. The average molecular weight is 343 g/mol. The zero-order valence-corrected chi connectivity index (χ0v) is 15.7. The Morgan fingerprint density at radius 1 is 1.36 bits per heavy atom. The van der Waals surface area contributed by atoms with Gasteiger partial charge in [-0.2, -0.15) is 0 Å². The Kier molecular flexibility index (Phi) is 7.32. The smallest absolute Gasteiger partial charge is 0.218 e. The van der Waals surface area contributed by atoms with Crippen molar-refractivity contribution in [1.29, 1.82) is 0 Å². The summed E-state index contributed by atoms with van der Waals surface area (Å²) in [6, 6.07) is 8.13. The summed E-state index contributed by atoms with van der Waals surface area (Å²) in [7, 11) is 5.88. The van der Waals surface area contributed by atoms with E-state index in [4.69, 9.17) is 4.74 Å². The van der Waals surface area contributed by atoms with Gasteiger partial charge in [-0.25, -0.2) is 4.98 Å². The fourth-order valence-electron chi connectivity index (χ4n) is 2.54. The summed E-state index contributed by atoms with van der Waals surface area (Å²) in [6.07, 6.45) is 5.96. The van der Waals surface area contributed by atoms with Crippen LogP contribution in [0.15, 0.2) is 41.7 Å². The van der Waals surface area contributed by atoms with Crippen molar-refractivity contribution in [3.63, 3.8) is 0 Å². The fraction of sp³-hybridized carbons (Fsp3) is 0.474. The Hall–Kier alpha value is -2.50. The SMILES string of the molecule is CCCCOc1ncccc1CNC(=NC)N(C)Cc1cccn1C. The van der Waals surface area contributed by atoms with Crippen LogP contribution in [0.5, 0.6) is 5.88 Å². The van der Waals surface area contributed by atoms with Gasteiger partial charge in [0.15, 0.2) is 5.96 Å². The van der Waals surface area contributed by atoms with Crippen LogP contribution in [-0.2, 0) is 20.1 Å². The van der Waals surface area contributed by atoms with Crippen molar-refractivity contribution in [3.8, 4) is 5.88 Å². The second-order valence-corrected chi connectivity index (χ2v) is 6.04. The second-order valence-electron chi connectivity index (χ2n) is 6.04. The number of aromatic nitrogens is 2. The first-order valence-electron chi connectivity index (χ1n) is 8.74. The quantitative estimate of drug-likeness (QED) is 0.455. The molecule has 0 saturated heterocycles. The van der Waals surface area contributed by atoms with E-state index in [0.29, 0.717) is 19.0 Å². The minimum Gasteiger partial charge on any atom is -0.477 e. The van der Waals surface area contributed by atoms with Crippen LogP contribution in [0.4, 0.5) is 0 Å². The first-order valence-corrected chi connectivity index (χ1v) is 8.74. The number of pyridine rings is 1. The van der Waals surface area contributed by atoms with Gasteiger partial charge in [0.05, 0.1) is 13.2 Å². The van der Waals surface area contributed by atoms with Crippen molar-refractivity contribution in [1.82, 2.24) is 19.8 Å². The summed E-state index contributed by atoms with van der Waals surface area (Å²) in [5, 5.41) is 3.39. The molecule has 0 spiro atoms. The molecular weight excluding hydrogens is 314 g/mol. The van der Waals surface area contributed by atoms with Crippen LogP contribution in [0, 0.1) is 0 Å². The highest BCUT2D eigenvalue weighted by Gasteiger charge is 2.10. The summed E-state index contributed by atoms with van der Waals surface area (Å²) in [6.45, 7) is 4.26. The molecule has 25 heavy (non-hydrogen) atoms. The number of rotatable bonds is 8. The normalized spacial score (nSPS) is 11.4. The highest BCUT2D eigenvalue weighted by Crippen LogP contribution is 2.14. The lowest BCUT2D eigenvalue weighted by Gasteiger charge is -2.22. The van der Waals surface area contributed by atoms with Crippen molar-refractivity contribution >= 4 is 5.96 Å². The van der Waals surface area contributed by atoms with Gasteiger partial charge in [-0.15, -0.1) is 0 Å². The van der Waals surface area contributed by atoms with Gasteiger partial charge in [-0.3, -0.25) is 4.99 Å².